The quantitative estimate of drug-likeness (QED) is 0.798. The van der Waals surface area contributed by atoms with E-state index in [9.17, 15) is 0 Å². The fraction of sp³-hybridized carbons (Fsp3) is 0.545. The van der Waals surface area contributed by atoms with Gasteiger partial charge >= 0.3 is 0 Å². The lowest BCUT2D eigenvalue weighted by Crippen LogP contribution is -2.34. The third kappa shape index (κ3) is 1.81. The average Bonchev–Trinajstić information content (AvgIpc) is 2.16. The highest BCUT2D eigenvalue weighted by molar-refractivity contribution is 5.50. The summed E-state index contributed by atoms with van der Waals surface area (Å²) in [5, 5.41) is 3.39. The highest BCUT2D eigenvalue weighted by atomic mass is 16.5. The van der Waals surface area contributed by atoms with Crippen molar-refractivity contribution in [3.63, 3.8) is 0 Å². The fourth-order valence-corrected chi connectivity index (χ4v) is 1.88. The normalized spacial score (nSPS) is 25.3. The molecule has 0 aliphatic heterocycles. The van der Waals surface area contributed by atoms with Crippen LogP contribution < -0.4 is 10.1 Å². The van der Waals surface area contributed by atoms with E-state index in [0.717, 1.165) is 17.5 Å². The summed E-state index contributed by atoms with van der Waals surface area (Å²) in [6.07, 6.45) is 4.26. The maximum atomic E-state index is 5.22. The summed E-state index contributed by atoms with van der Waals surface area (Å²) in [6, 6.07) is 4.39. The molecule has 0 spiro atoms. The molecule has 1 aromatic heterocycles. The number of hydrogen-bond donors (Lipinski definition) is 1. The summed E-state index contributed by atoms with van der Waals surface area (Å²) in [5.74, 6) is 2.54. The van der Waals surface area contributed by atoms with Gasteiger partial charge in [-0.25, -0.2) is 4.98 Å². The lowest BCUT2D eigenvalue weighted by molar-refractivity contribution is 0.307. The van der Waals surface area contributed by atoms with Crippen molar-refractivity contribution in [1.82, 2.24) is 4.98 Å². The molecular formula is C11H16N2O. The first-order chi connectivity index (χ1) is 6.79. The Bertz CT molecular complexity index is 308. The predicted molar refractivity (Wildman–Crippen MR) is 56.6 cm³/mol. The van der Waals surface area contributed by atoms with Crippen molar-refractivity contribution in [3.05, 3.63) is 18.3 Å². The van der Waals surface area contributed by atoms with Crippen LogP contribution in [-0.2, 0) is 0 Å². The van der Waals surface area contributed by atoms with Gasteiger partial charge in [0.1, 0.15) is 0 Å². The molecule has 76 valence electrons. The summed E-state index contributed by atoms with van der Waals surface area (Å²) in [6.45, 7) is 2.27. The summed E-state index contributed by atoms with van der Waals surface area (Å²) < 4.78 is 5.22. The number of nitrogens with one attached hydrogen (secondary N) is 1. The SMILES string of the molecule is COc1cccnc1NC1CC(C)C1. The maximum Gasteiger partial charge on any atom is 0.168 e. The van der Waals surface area contributed by atoms with E-state index in [-0.39, 0.29) is 0 Å². The topological polar surface area (TPSA) is 34.1 Å². The fourth-order valence-electron chi connectivity index (χ4n) is 1.88. The van der Waals surface area contributed by atoms with Gasteiger partial charge in [-0.2, -0.15) is 0 Å². The van der Waals surface area contributed by atoms with Crippen LogP contribution in [0.1, 0.15) is 19.8 Å². The van der Waals surface area contributed by atoms with Gasteiger partial charge in [-0.05, 0) is 30.9 Å². The van der Waals surface area contributed by atoms with Crippen molar-refractivity contribution in [2.45, 2.75) is 25.8 Å². The minimum Gasteiger partial charge on any atom is -0.493 e. The van der Waals surface area contributed by atoms with E-state index in [1.807, 2.05) is 12.1 Å². The number of anilines is 1. The van der Waals surface area contributed by atoms with Gasteiger partial charge in [0.25, 0.3) is 0 Å². The van der Waals surface area contributed by atoms with Crippen LogP contribution in [0, 0.1) is 5.92 Å². The lowest BCUT2D eigenvalue weighted by atomic mass is 9.82. The van der Waals surface area contributed by atoms with Crippen molar-refractivity contribution < 1.29 is 4.74 Å². The zero-order valence-electron chi connectivity index (χ0n) is 8.66. The molecule has 2 rings (SSSR count). The predicted octanol–water partition coefficient (Wildman–Crippen LogP) is 2.30. The Labute approximate surface area is 84.5 Å². The minimum absolute atomic E-state index is 0.578. The second-order valence-electron chi connectivity index (χ2n) is 3.97. The van der Waals surface area contributed by atoms with E-state index >= 15 is 0 Å². The lowest BCUT2D eigenvalue weighted by Gasteiger charge is -2.33. The second-order valence-corrected chi connectivity index (χ2v) is 3.97. The number of nitrogens with zero attached hydrogens (tertiary/aromatic N) is 1. The van der Waals surface area contributed by atoms with Gasteiger partial charge in [-0.1, -0.05) is 6.92 Å². The molecule has 3 nitrogen and oxygen atoms in total. The number of hydrogen-bond acceptors (Lipinski definition) is 3. The van der Waals surface area contributed by atoms with Gasteiger partial charge in [0, 0.05) is 12.2 Å². The molecule has 0 amide bonds. The third-order valence-electron chi connectivity index (χ3n) is 2.71. The van der Waals surface area contributed by atoms with E-state index in [1.165, 1.54) is 12.8 Å². The molecule has 0 aromatic carbocycles. The van der Waals surface area contributed by atoms with Gasteiger partial charge in [-0.15, -0.1) is 0 Å². The Hall–Kier alpha value is -1.25. The Morgan fingerprint density at radius 3 is 2.93 bits per heavy atom. The molecule has 1 saturated carbocycles. The minimum atomic E-state index is 0.578. The van der Waals surface area contributed by atoms with Crippen molar-refractivity contribution in [2.24, 2.45) is 5.92 Å². The van der Waals surface area contributed by atoms with Crippen LogP contribution in [0.2, 0.25) is 0 Å². The highest BCUT2D eigenvalue weighted by Crippen LogP contribution is 2.31. The Kier molecular flexibility index (Phi) is 2.57. The van der Waals surface area contributed by atoms with Crippen LogP contribution in [0.4, 0.5) is 5.82 Å². The van der Waals surface area contributed by atoms with Gasteiger partial charge in [0.2, 0.25) is 0 Å². The van der Waals surface area contributed by atoms with Crippen LogP contribution in [0.25, 0.3) is 0 Å². The highest BCUT2D eigenvalue weighted by Gasteiger charge is 2.25. The van der Waals surface area contributed by atoms with Crippen molar-refractivity contribution in [3.8, 4) is 5.75 Å². The molecule has 1 N–H and O–H groups in total. The van der Waals surface area contributed by atoms with Crippen molar-refractivity contribution in [2.75, 3.05) is 12.4 Å². The molecule has 0 atom stereocenters. The number of pyridine rings is 1. The zero-order chi connectivity index (χ0) is 9.97. The molecule has 1 fully saturated rings. The Morgan fingerprint density at radius 1 is 1.50 bits per heavy atom. The number of methoxy groups -OCH3 is 1. The second kappa shape index (κ2) is 3.86. The molecule has 0 bridgehead atoms. The van der Waals surface area contributed by atoms with Crippen LogP contribution >= 0.6 is 0 Å². The summed E-state index contributed by atoms with van der Waals surface area (Å²) in [4.78, 5) is 4.26. The molecule has 1 aromatic rings. The summed E-state index contributed by atoms with van der Waals surface area (Å²) >= 11 is 0. The Morgan fingerprint density at radius 2 is 2.29 bits per heavy atom. The number of ether oxygens (including phenoxy) is 1. The van der Waals surface area contributed by atoms with Gasteiger partial charge in [0.05, 0.1) is 7.11 Å². The van der Waals surface area contributed by atoms with Crippen LogP contribution in [0.5, 0.6) is 5.75 Å². The molecular weight excluding hydrogens is 176 g/mol. The summed E-state index contributed by atoms with van der Waals surface area (Å²) in [7, 11) is 1.67. The van der Waals surface area contributed by atoms with Crippen LogP contribution in [-0.4, -0.2) is 18.1 Å². The van der Waals surface area contributed by atoms with Gasteiger partial charge in [0.15, 0.2) is 11.6 Å². The average molecular weight is 192 g/mol. The monoisotopic (exact) mass is 192 g/mol. The standard InChI is InChI=1S/C11H16N2O/c1-8-6-9(7-8)13-11-10(14-2)4-3-5-12-11/h3-5,8-9H,6-7H2,1-2H3,(H,12,13). The van der Waals surface area contributed by atoms with Gasteiger partial charge < -0.3 is 10.1 Å². The van der Waals surface area contributed by atoms with E-state index in [1.54, 1.807) is 13.3 Å². The largest absolute Gasteiger partial charge is 0.493 e. The maximum absolute atomic E-state index is 5.22. The number of aromatic nitrogens is 1. The van der Waals surface area contributed by atoms with Crippen molar-refractivity contribution in [1.29, 1.82) is 0 Å². The molecule has 1 aliphatic rings. The van der Waals surface area contributed by atoms with E-state index in [0.29, 0.717) is 6.04 Å². The number of rotatable bonds is 3. The first-order valence-electron chi connectivity index (χ1n) is 5.05. The smallest absolute Gasteiger partial charge is 0.168 e. The summed E-state index contributed by atoms with van der Waals surface area (Å²) in [5.41, 5.74) is 0. The molecule has 0 saturated heterocycles. The molecule has 14 heavy (non-hydrogen) atoms. The molecule has 0 radical (unpaired) electrons. The van der Waals surface area contributed by atoms with E-state index in [2.05, 4.69) is 17.2 Å². The Balaban J connectivity index is 2.01. The molecule has 1 heterocycles. The van der Waals surface area contributed by atoms with Crippen molar-refractivity contribution >= 4 is 5.82 Å². The first-order valence-corrected chi connectivity index (χ1v) is 5.05. The van der Waals surface area contributed by atoms with Gasteiger partial charge in [-0.3, -0.25) is 0 Å². The van der Waals surface area contributed by atoms with Crippen LogP contribution in [0.3, 0.4) is 0 Å². The zero-order valence-corrected chi connectivity index (χ0v) is 8.66. The first kappa shape index (κ1) is 9.31. The van der Waals surface area contributed by atoms with E-state index in [4.69, 9.17) is 4.74 Å². The molecule has 0 unspecified atom stereocenters. The molecule has 1 aliphatic carbocycles. The van der Waals surface area contributed by atoms with Crippen LogP contribution in [0.15, 0.2) is 18.3 Å². The molecule has 3 heteroatoms. The van der Waals surface area contributed by atoms with E-state index < -0.39 is 0 Å². The third-order valence-corrected chi connectivity index (χ3v) is 2.71.